The molecule has 3 rings (SSSR count). The largest absolute Gasteiger partial charge is 0.480 e. The standard InChI is InChI=1S/C15H19N5O2/c1-9(14-16-18-19-17-14)8-20(3)15(21)13-10(2)11-6-4-5-7-12(11)22-13/h4-7,9-10,13H,8H2,1-3H3,(H,16,17,18,19)/t9-,10+,13-/m1/s1. The van der Waals surface area contributed by atoms with Crippen LogP contribution in [0.25, 0.3) is 0 Å². The molecule has 0 spiro atoms. The zero-order valence-electron chi connectivity index (χ0n) is 12.9. The highest BCUT2D eigenvalue weighted by Crippen LogP contribution is 2.38. The van der Waals surface area contributed by atoms with Gasteiger partial charge in [0.05, 0.1) is 0 Å². The lowest BCUT2D eigenvalue weighted by molar-refractivity contribution is -0.137. The zero-order valence-corrected chi connectivity index (χ0v) is 12.9. The van der Waals surface area contributed by atoms with Crippen LogP contribution in [0.15, 0.2) is 24.3 Å². The van der Waals surface area contributed by atoms with Crippen LogP contribution in [0.2, 0.25) is 0 Å². The maximum atomic E-state index is 12.7. The quantitative estimate of drug-likeness (QED) is 0.921. The Morgan fingerprint density at radius 3 is 2.91 bits per heavy atom. The van der Waals surface area contributed by atoms with Crippen LogP contribution >= 0.6 is 0 Å². The molecule has 1 aliphatic rings. The number of nitrogens with one attached hydrogen (secondary N) is 1. The van der Waals surface area contributed by atoms with Crippen LogP contribution in [0.4, 0.5) is 0 Å². The molecule has 1 aliphatic heterocycles. The number of aromatic amines is 1. The molecule has 0 aliphatic carbocycles. The first-order valence-corrected chi connectivity index (χ1v) is 7.32. The second-order valence-corrected chi connectivity index (χ2v) is 5.75. The summed E-state index contributed by atoms with van der Waals surface area (Å²) in [4.78, 5) is 14.3. The van der Waals surface area contributed by atoms with Gasteiger partial charge < -0.3 is 9.64 Å². The zero-order chi connectivity index (χ0) is 15.7. The monoisotopic (exact) mass is 301 g/mol. The van der Waals surface area contributed by atoms with E-state index in [0.29, 0.717) is 12.4 Å². The lowest BCUT2D eigenvalue weighted by atomic mass is 9.96. The topological polar surface area (TPSA) is 84.0 Å². The molecule has 1 aromatic carbocycles. The lowest BCUT2D eigenvalue weighted by Gasteiger charge is -2.24. The second-order valence-electron chi connectivity index (χ2n) is 5.75. The van der Waals surface area contributed by atoms with Crippen LogP contribution in [0.5, 0.6) is 5.75 Å². The van der Waals surface area contributed by atoms with Gasteiger partial charge in [-0.15, -0.1) is 10.2 Å². The van der Waals surface area contributed by atoms with Crippen molar-refractivity contribution in [2.75, 3.05) is 13.6 Å². The number of carbonyl (C=O) groups is 1. The van der Waals surface area contributed by atoms with Gasteiger partial charge in [0.15, 0.2) is 11.9 Å². The van der Waals surface area contributed by atoms with Gasteiger partial charge in [-0.25, -0.2) is 0 Å². The fourth-order valence-corrected chi connectivity index (χ4v) is 2.81. The molecule has 0 unspecified atom stereocenters. The number of H-pyrrole nitrogens is 1. The number of tetrazole rings is 1. The minimum absolute atomic E-state index is 0.00628. The van der Waals surface area contributed by atoms with Crippen LogP contribution in [-0.2, 0) is 4.79 Å². The molecule has 7 heteroatoms. The molecule has 1 amide bonds. The molecular weight excluding hydrogens is 282 g/mol. The van der Waals surface area contributed by atoms with E-state index in [2.05, 4.69) is 20.6 Å². The highest BCUT2D eigenvalue weighted by molar-refractivity contribution is 5.83. The summed E-state index contributed by atoms with van der Waals surface area (Å²) in [6.45, 7) is 4.49. The number of hydrogen-bond acceptors (Lipinski definition) is 5. The van der Waals surface area contributed by atoms with Crippen molar-refractivity contribution in [2.24, 2.45) is 0 Å². The van der Waals surface area contributed by atoms with Gasteiger partial charge in [0.25, 0.3) is 5.91 Å². The third-order valence-corrected chi connectivity index (χ3v) is 4.09. The number of aromatic nitrogens is 4. The highest BCUT2D eigenvalue weighted by Gasteiger charge is 2.37. The van der Waals surface area contributed by atoms with Gasteiger partial charge in [-0.1, -0.05) is 37.3 Å². The number of rotatable bonds is 4. The molecular formula is C15H19N5O2. The number of hydrogen-bond donors (Lipinski definition) is 1. The minimum atomic E-state index is -0.472. The molecule has 0 bridgehead atoms. The fraction of sp³-hybridized carbons (Fsp3) is 0.467. The summed E-state index contributed by atoms with van der Waals surface area (Å²) in [6, 6.07) is 7.80. The Morgan fingerprint density at radius 1 is 1.45 bits per heavy atom. The second kappa shape index (κ2) is 5.75. The third kappa shape index (κ3) is 2.54. The number of likely N-dealkylation sites (N-methyl/N-ethyl adjacent to an activating group) is 1. The first-order chi connectivity index (χ1) is 10.6. The maximum Gasteiger partial charge on any atom is 0.264 e. The first-order valence-electron chi connectivity index (χ1n) is 7.32. The van der Waals surface area contributed by atoms with Crippen LogP contribution in [0.3, 0.4) is 0 Å². The molecule has 2 heterocycles. The molecule has 1 N–H and O–H groups in total. The van der Waals surface area contributed by atoms with Gasteiger partial charge in [-0.05, 0) is 6.07 Å². The lowest BCUT2D eigenvalue weighted by Crippen LogP contribution is -2.41. The Balaban J connectivity index is 1.67. The van der Waals surface area contributed by atoms with Gasteiger partial charge in [-0.3, -0.25) is 4.79 Å². The minimum Gasteiger partial charge on any atom is -0.480 e. The van der Waals surface area contributed by atoms with Crippen LogP contribution in [-0.4, -0.2) is 51.1 Å². The molecule has 7 nitrogen and oxygen atoms in total. The molecule has 0 radical (unpaired) electrons. The first kappa shape index (κ1) is 14.5. The molecule has 2 aromatic rings. The third-order valence-electron chi connectivity index (χ3n) is 4.09. The maximum absolute atomic E-state index is 12.7. The summed E-state index contributed by atoms with van der Waals surface area (Å²) in [7, 11) is 1.78. The fourth-order valence-electron chi connectivity index (χ4n) is 2.81. The van der Waals surface area contributed by atoms with Gasteiger partial charge in [-0.2, -0.15) is 5.21 Å². The van der Waals surface area contributed by atoms with Crippen molar-refractivity contribution in [3.05, 3.63) is 35.7 Å². The van der Waals surface area contributed by atoms with Crippen LogP contribution in [0, 0.1) is 0 Å². The summed E-state index contributed by atoms with van der Waals surface area (Å²) in [5.41, 5.74) is 1.08. The summed E-state index contributed by atoms with van der Waals surface area (Å²) in [5.74, 6) is 1.42. The number of nitrogens with zero attached hydrogens (tertiary/aromatic N) is 4. The molecule has 0 saturated heterocycles. The van der Waals surface area contributed by atoms with Crippen LogP contribution < -0.4 is 4.74 Å². The van der Waals surface area contributed by atoms with Gasteiger partial charge in [0, 0.05) is 31.0 Å². The molecule has 0 fully saturated rings. The molecule has 1 aromatic heterocycles. The Bertz CT molecular complexity index is 658. The van der Waals surface area contributed by atoms with E-state index in [1.165, 1.54) is 0 Å². The number of ether oxygens (including phenoxy) is 1. The van der Waals surface area contributed by atoms with Gasteiger partial charge in [0.2, 0.25) is 0 Å². The Kier molecular flexibility index (Phi) is 3.79. The van der Waals surface area contributed by atoms with Crippen molar-refractivity contribution in [2.45, 2.75) is 31.8 Å². The predicted molar refractivity (Wildman–Crippen MR) is 79.5 cm³/mol. The van der Waals surface area contributed by atoms with Gasteiger partial charge in [0.1, 0.15) is 5.75 Å². The number of fused-ring (bicyclic) bond motifs is 1. The van der Waals surface area contributed by atoms with E-state index in [1.54, 1.807) is 11.9 Å². The van der Waals surface area contributed by atoms with Crippen molar-refractivity contribution < 1.29 is 9.53 Å². The van der Waals surface area contributed by atoms with E-state index in [1.807, 2.05) is 38.1 Å². The van der Waals surface area contributed by atoms with Crippen molar-refractivity contribution >= 4 is 5.91 Å². The summed E-state index contributed by atoms with van der Waals surface area (Å²) < 4.78 is 5.83. The normalized spacial score (nSPS) is 21.0. The van der Waals surface area contributed by atoms with Crippen molar-refractivity contribution in [1.29, 1.82) is 0 Å². The summed E-state index contributed by atoms with van der Waals surface area (Å²) >= 11 is 0. The summed E-state index contributed by atoms with van der Waals surface area (Å²) in [6.07, 6.45) is -0.472. The van der Waals surface area contributed by atoms with E-state index in [-0.39, 0.29) is 17.7 Å². The molecule has 116 valence electrons. The van der Waals surface area contributed by atoms with E-state index in [9.17, 15) is 4.79 Å². The molecule has 22 heavy (non-hydrogen) atoms. The number of amides is 1. The smallest absolute Gasteiger partial charge is 0.264 e. The summed E-state index contributed by atoms with van der Waals surface area (Å²) in [5, 5.41) is 13.9. The Hall–Kier alpha value is -2.44. The number of carbonyl (C=O) groups excluding carboxylic acids is 1. The predicted octanol–water partition coefficient (Wildman–Crippen LogP) is 1.33. The average Bonchev–Trinajstić information content (AvgIpc) is 3.15. The Labute approximate surface area is 128 Å². The van der Waals surface area contributed by atoms with E-state index >= 15 is 0 Å². The number of benzene rings is 1. The molecule has 0 saturated carbocycles. The van der Waals surface area contributed by atoms with E-state index < -0.39 is 6.10 Å². The van der Waals surface area contributed by atoms with Gasteiger partial charge >= 0.3 is 0 Å². The van der Waals surface area contributed by atoms with E-state index in [4.69, 9.17) is 4.74 Å². The van der Waals surface area contributed by atoms with E-state index in [0.717, 1.165) is 11.3 Å². The number of para-hydroxylation sites is 1. The average molecular weight is 301 g/mol. The van der Waals surface area contributed by atoms with Crippen molar-refractivity contribution in [3.63, 3.8) is 0 Å². The van der Waals surface area contributed by atoms with Crippen molar-refractivity contribution in [3.8, 4) is 5.75 Å². The van der Waals surface area contributed by atoms with Crippen molar-refractivity contribution in [1.82, 2.24) is 25.5 Å². The van der Waals surface area contributed by atoms with Crippen LogP contribution in [0.1, 0.15) is 37.1 Å². The highest BCUT2D eigenvalue weighted by atomic mass is 16.5. The molecule has 3 atom stereocenters. The SMILES string of the molecule is C[C@H](CN(C)C(=O)[C@@H]1Oc2ccccc2[C@@H]1C)c1nn[nH]n1. The Morgan fingerprint density at radius 2 is 2.23 bits per heavy atom.